The maximum atomic E-state index is 13.0. The molecule has 0 saturated heterocycles. The van der Waals surface area contributed by atoms with E-state index in [1.807, 2.05) is 48.8 Å². The van der Waals surface area contributed by atoms with Crippen molar-refractivity contribution in [3.63, 3.8) is 0 Å². The van der Waals surface area contributed by atoms with Gasteiger partial charge in [-0.25, -0.2) is 4.68 Å². The Balaban J connectivity index is 1.70. The second-order valence-corrected chi connectivity index (χ2v) is 9.63. The molecule has 0 spiro atoms. The zero-order valence-corrected chi connectivity index (χ0v) is 21.0. The number of carbonyl (C=O) groups excluding carboxylic acids is 2. The standard InChI is InChI=1S/C21H28B3N9O3/c1-25-9-12-10-33(32-29-12)15-5-3-4-13(18(15)36-2)26-14-8-16(27-19(34)11-6-7-11)30-31-17(14)20(35)28-21(22,23)24/h3-5,8,10-11,25H,6-7,9,22-24H2,1-2H3,(H,28,35)(H2,26,27,30,34). The Morgan fingerprint density at radius 3 is 2.61 bits per heavy atom. The van der Waals surface area contributed by atoms with E-state index in [0.717, 1.165) is 18.5 Å². The van der Waals surface area contributed by atoms with E-state index in [4.69, 9.17) is 4.74 Å². The molecule has 1 aliphatic rings. The molecule has 0 atom stereocenters. The molecule has 36 heavy (non-hydrogen) atoms. The van der Waals surface area contributed by atoms with E-state index in [2.05, 4.69) is 41.8 Å². The van der Waals surface area contributed by atoms with Crippen LogP contribution in [0, 0.1) is 5.92 Å². The molecule has 4 N–H and O–H groups in total. The van der Waals surface area contributed by atoms with Crippen molar-refractivity contribution in [2.24, 2.45) is 5.92 Å². The Kier molecular flexibility index (Phi) is 7.29. The number of carbonyl (C=O) groups is 2. The minimum absolute atomic E-state index is 0.000620. The van der Waals surface area contributed by atoms with E-state index in [1.54, 1.807) is 24.1 Å². The molecule has 0 unspecified atom stereocenters. The van der Waals surface area contributed by atoms with Crippen molar-refractivity contribution in [3.05, 3.63) is 41.9 Å². The van der Waals surface area contributed by atoms with E-state index < -0.39 is 11.1 Å². The average molecular weight is 487 g/mol. The van der Waals surface area contributed by atoms with Crippen molar-refractivity contribution in [3.8, 4) is 11.4 Å². The number of rotatable bonds is 10. The average Bonchev–Trinajstić information content (AvgIpc) is 3.57. The molecule has 4 rings (SSSR count). The number of amides is 2. The summed E-state index contributed by atoms with van der Waals surface area (Å²) in [6.45, 7) is 0.574. The molecule has 1 aliphatic carbocycles. The van der Waals surface area contributed by atoms with E-state index >= 15 is 0 Å². The van der Waals surface area contributed by atoms with Crippen molar-refractivity contribution in [2.45, 2.75) is 24.6 Å². The van der Waals surface area contributed by atoms with Gasteiger partial charge in [-0.1, -0.05) is 11.3 Å². The molecule has 1 aromatic carbocycles. The van der Waals surface area contributed by atoms with E-state index in [1.165, 1.54) is 0 Å². The molecular formula is C21H28B3N9O3. The van der Waals surface area contributed by atoms with Gasteiger partial charge in [0.2, 0.25) is 5.91 Å². The molecule has 0 radical (unpaired) electrons. The number of nitrogens with one attached hydrogen (secondary N) is 4. The zero-order valence-electron chi connectivity index (χ0n) is 21.0. The van der Waals surface area contributed by atoms with Crippen molar-refractivity contribution < 1.29 is 14.3 Å². The lowest BCUT2D eigenvalue weighted by atomic mass is 9.49. The normalized spacial score (nSPS) is 13.2. The van der Waals surface area contributed by atoms with Gasteiger partial charge in [0, 0.05) is 18.5 Å². The highest BCUT2D eigenvalue weighted by atomic mass is 16.5. The predicted octanol–water partition coefficient (Wildman–Crippen LogP) is -1.88. The van der Waals surface area contributed by atoms with E-state index in [-0.39, 0.29) is 23.3 Å². The zero-order chi connectivity index (χ0) is 25.9. The smallest absolute Gasteiger partial charge is 0.272 e. The Morgan fingerprint density at radius 2 is 1.94 bits per heavy atom. The van der Waals surface area contributed by atoms with Gasteiger partial charge >= 0.3 is 0 Å². The van der Waals surface area contributed by atoms with Gasteiger partial charge < -0.3 is 26.0 Å². The van der Waals surface area contributed by atoms with Crippen LogP contribution in [-0.2, 0) is 11.3 Å². The lowest BCUT2D eigenvalue weighted by molar-refractivity contribution is -0.117. The summed E-state index contributed by atoms with van der Waals surface area (Å²) in [4.78, 5) is 25.3. The SMILES string of the molecule is BC(B)(B)NC(=O)c1nnc(NC(=O)C2CC2)cc1Nc1cccc(-n2cc(CNC)nn2)c1OC. The fourth-order valence-electron chi connectivity index (χ4n) is 3.53. The van der Waals surface area contributed by atoms with E-state index in [9.17, 15) is 9.59 Å². The molecule has 0 bridgehead atoms. The van der Waals surface area contributed by atoms with Crippen LogP contribution >= 0.6 is 0 Å². The van der Waals surface area contributed by atoms with Crippen LogP contribution in [0.2, 0.25) is 0 Å². The Morgan fingerprint density at radius 1 is 1.17 bits per heavy atom. The quantitative estimate of drug-likeness (QED) is 0.241. The molecule has 2 amide bonds. The van der Waals surface area contributed by atoms with Gasteiger partial charge in [0.1, 0.15) is 29.2 Å². The largest absolute Gasteiger partial charge is 0.492 e. The van der Waals surface area contributed by atoms with Crippen LogP contribution in [0.15, 0.2) is 30.5 Å². The predicted molar refractivity (Wildman–Crippen MR) is 143 cm³/mol. The molecular weight excluding hydrogens is 459 g/mol. The number of anilines is 3. The van der Waals surface area contributed by atoms with Gasteiger partial charge in [0.15, 0.2) is 17.3 Å². The van der Waals surface area contributed by atoms with Gasteiger partial charge in [-0.3, -0.25) is 9.59 Å². The molecule has 12 nitrogen and oxygen atoms in total. The lowest BCUT2D eigenvalue weighted by Crippen LogP contribution is -2.50. The number of hydrogen-bond donors (Lipinski definition) is 4. The number of methoxy groups -OCH3 is 1. The van der Waals surface area contributed by atoms with E-state index in [0.29, 0.717) is 29.4 Å². The summed E-state index contributed by atoms with van der Waals surface area (Å²) >= 11 is 0. The first kappa shape index (κ1) is 25.2. The number of hydrogen-bond acceptors (Lipinski definition) is 9. The summed E-state index contributed by atoms with van der Waals surface area (Å²) < 4.78 is 7.34. The van der Waals surface area contributed by atoms with Crippen LogP contribution in [0.3, 0.4) is 0 Å². The summed E-state index contributed by atoms with van der Waals surface area (Å²) in [6.07, 6.45) is 3.53. The van der Waals surface area contributed by atoms with Crippen LogP contribution < -0.4 is 26.0 Å². The first-order chi connectivity index (χ1) is 17.2. The third-order valence-electron chi connectivity index (χ3n) is 5.31. The lowest BCUT2D eigenvalue weighted by Gasteiger charge is -2.22. The van der Waals surface area contributed by atoms with Crippen LogP contribution in [0.5, 0.6) is 5.75 Å². The maximum Gasteiger partial charge on any atom is 0.272 e. The van der Waals surface area contributed by atoms with Gasteiger partial charge in [-0.05, 0) is 37.3 Å². The van der Waals surface area contributed by atoms with Crippen molar-refractivity contribution in [2.75, 3.05) is 24.8 Å². The molecule has 15 heteroatoms. The maximum absolute atomic E-state index is 13.0. The highest BCUT2D eigenvalue weighted by Crippen LogP contribution is 2.35. The molecule has 0 aliphatic heterocycles. The van der Waals surface area contributed by atoms with Gasteiger partial charge in [-0.2, -0.15) is 0 Å². The minimum atomic E-state index is -0.482. The first-order valence-electron chi connectivity index (χ1n) is 11.7. The van der Waals surface area contributed by atoms with Gasteiger partial charge in [0.25, 0.3) is 5.91 Å². The Labute approximate surface area is 211 Å². The summed E-state index contributed by atoms with van der Waals surface area (Å²) in [6, 6.07) is 7.08. The Hall–Kier alpha value is -3.87. The van der Waals surface area contributed by atoms with Crippen LogP contribution in [0.4, 0.5) is 17.2 Å². The van der Waals surface area contributed by atoms with Gasteiger partial charge in [-0.15, -0.1) is 15.3 Å². The van der Waals surface area contributed by atoms with Crippen LogP contribution in [0.25, 0.3) is 5.69 Å². The van der Waals surface area contributed by atoms with Crippen LogP contribution in [-0.4, -0.2) is 79.9 Å². The Bertz CT molecular complexity index is 1280. The summed E-state index contributed by atoms with van der Waals surface area (Å²) in [7, 11) is 9.02. The van der Waals surface area contributed by atoms with Crippen LogP contribution in [0.1, 0.15) is 29.0 Å². The van der Waals surface area contributed by atoms with Crippen molar-refractivity contribution in [1.82, 2.24) is 35.8 Å². The molecule has 2 aromatic heterocycles. The fraction of sp³-hybridized carbons (Fsp3) is 0.333. The minimum Gasteiger partial charge on any atom is -0.492 e. The summed E-state index contributed by atoms with van der Waals surface area (Å²) in [5.41, 5.74) is 2.44. The number of aromatic nitrogens is 5. The van der Waals surface area contributed by atoms with Crippen molar-refractivity contribution >= 4 is 52.5 Å². The fourth-order valence-corrected chi connectivity index (χ4v) is 3.53. The first-order valence-corrected chi connectivity index (χ1v) is 11.7. The number of para-hydroxylation sites is 1. The molecule has 1 saturated carbocycles. The molecule has 184 valence electrons. The van der Waals surface area contributed by atoms with Gasteiger partial charge in [0.05, 0.1) is 30.4 Å². The monoisotopic (exact) mass is 487 g/mol. The highest BCUT2D eigenvalue weighted by Gasteiger charge is 2.30. The summed E-state index contributed by atoms with van der Waals surface area (Å²) in [5.74, 6) is 0.232. The highest BCUT2D eigenvalue weighted by molar-refractivity contribution is 6.60. The molecule has 3 aromatic rings. The summed E-state index contributed by atoms with van der Waals surface area (Å²) in [5, 5.41) is 28.1. The second-order valence-electron chi connectivity index (χ2n) is 9.63. The number of ether oxygens (including phenoxy) is 1. The third-order valence-corrected chi connectivity index (χ3v) is 5.31. The number of benzene rings is 1. The van der Waals surface area contributed by atoms with Crippen molar-refractivity contribution in [1.29, 1.82) is 0 Å². The second kappa shape index (κ2) is 10.4. The third kappa shape index (κ3) is 6.03. The topological polar surface area (TPSA) is 148 Å². The molecule has 2 heterocycles. The number of nitrogens with zero attached hydrogens (tertiary/aromatic N) is 5. The molecule has 1 fully saturated rings.